The van der Waals surface area contributed by atoms with Crippen LogP contribution >= 0.6 is 0 Å². The summed E-state index contributed by atoms with van der Waals surface area (Å²) in [4.78, 5) is 12.7. The van der Waals surface area contributed by atoms with Crippen LogP contribution in [0.5, 0.6) is 5.75 Å². The van der Waals surface area contributed by atoms with Crippen molar-refractivity contribution in [2.45, 2.75) is 55.0 Å². The van der Waals surface area contributed by atoms with E-state index in [0.29, 0.717) is 17.2 Å². The molecule has 0 spiro atoms. The Labute approximate surface area is 229 Å². The normalized spacial score (nSPS) is 19.3. The summed E-state index contributed by atoms with van der Waals surface area (Å²) < 4.78 is 66.5. The van der Waals surface area contributed by atoms with Crippen LogP contribution in [0.4, 0.5) is 5.69 Å². The zero-order valence-electron chi connectivity index (χ0n) is 21.9. The van der Waals surface area contributed by atoms with E-state index in [4.69, 9.17) is 9.15 Å². The van der Waals surface area contributed by atoms with Crippen molar-refractivity contribution in [3.8, 4) is 5.75 Å². The van der Waals surface area contributed by atoms with Crippen molar-refractivity contribution in [1.82, 2.24) is 4.31 Å². The summed E-state index contributed by atoms with van der Waals surface area (Å²) in [6.07, 6.45) is 5.17. The molecule has 0 saturated heterocycles. The largest absolute Gasteiger partial charge is 0.497 e. The van der Waals surface area contributed by atoms with Gasteiger partial charge >= 0.3 is 0 Å². The van der Waals surface area contributed by atoms with Crippen molar-refractivity contribution >= 4 is 31.6 Å². The first-order valence-electron chi connectivity index (χ1n) is 12.6. The molecule has 2 aromatic carbocycles. The van der Waals surface area contributed by atoms with Gasteiger partial charge in [0, 0.05) is 5.69 Å². The molecule has 1 unspecified atom stereocenters. The summed E-state index contributed by atoms with van der Waals surface area (Å²) >= 11 is 0. The van der Waals surface area contributed by atoms with E-state index in [9.17, 15) is 22.0 Å². The number of anilines is 1. The predicted octanol–water partition coefficient (Wildman–Crippen LogP) is 5.00. The van der Waals surface area contributed by atoms with Crippen LogP contribution in [0.25, 0.3) is 0 Å². The maximum absolute atomic E-state index is 13.6. The number of carbonyl (C=O) groups is 1. The van der Waals surface area contributed by atoms with Crippen molar-refractivity contribution in [3.63, 3.8) is 0 Å². The smallest absolute Gasteiger partial charge is 0.243 e. The molecule has 1 saturated carbocycles. The van der Waals surface area contributed by atoms with Gasteiger partial charge in [0.1, 0.15) is 11.5 Å². The molecular weight excluding hydrogens is 542 g/mol. The van der Waals surface area contributed by atoms with E-state index in [1.54, 1.807) is 36.4 Å². The molecule has 0 bridgehead atoms. The van der Waals surface area contributed by atoms with Crippen LogP contribution in [0.3, 0.4) is 0 Å². The lowest BCUT2D eigenvalue weighted by Gasteiger charge is -2.25. The van der Waals surface area contributed by atoms with Crippen molar-refractivity contribution in [2.24, 2.45) is 10.3 Å². The number of sulfonamides is 1. The van der Waals surface area contributed by atoms with Gasteiger partial charge in [0.2, 0.25) is 15.9 Å². The number of carbonyl (C=O) groups excluding carboxylic acids is 1. The number of rotatable bonds is 10. The molecule has 0 aliphatic heterocycles. The maximum Gasteiger partial charge on any atom is 0.243 e. The number of ether oxygens (including phenoxy) is 1. The minimum atomic E-state index is -4.19. The summed E-state index contributed by atoms with van der Waals surface area (Å²) in [6.45, 7) is 1.36. The number of furan rings is 1. The SMILES string of the molecule is COc1ccc(NC(=O)CN(Cc2ccco2)S(=O)(=O)c2ccc(S(=O)(O)=N[C@H]3CCCC[C@@H]3C)cc2)cc1. The Morgan fingerprint density at radius 3 is 2.33 bits per heavy atom. The maximum atomic E-state index is 13.6. The van der Waals surface area contributed by atoms with Gasteiger partial charge < -0.3 is 14.5 Å². The summed E-state index contributed by atoms with van der Waals surface area (Å²) in [5.41, 5.74) is 0.481. The van der Waals surface area contributed by atoms with Crippen LogP contribution in [0.2, 0.25) is 0 Å². The molecule has 1 heterocycles. The molecule has 1 aliphatic carbocycles. The van der Waals surface area contributed by atoms with Gasteiger partial charge in [-0.05, 0) is 79.4 Å². The average molecular weight is 576 g/mol. The zero-order chi connectivity index (χ0) is 28.0. The van der Waals surface area contributed by atoms with Crippen molar-refractivity contribution in [3.05, 3.63) is 72.7 Å². The van der Waals surface area contributed by atoms with Crippen LogP contribution in [-0.4, -0.2) is 47.1 Å². The zero-order valence-corrected chi connectivity index (χ0v) is 23.5. The van der Waals surface area contributed by atoms with Crippen LogP contribution in [0.15, 0.2) is 85.5 Å². The Bertz CT molecular complexity index is 1480. The molecule has 2 N–H and O–H groups in total. The van der Waals surface area contributed by atoms with Gasteiger partial charge in [-0.15, -0.1) is 0 Å². The first-order valence-corrected chi connectivity index (χ1v) is 15.5. The van der Waals surface area contributed by atoms with Crippen LogP contribution in [0.1, 0.15) is 38.4 Å². The van der Waals surface area contributed by atoms with Gasteiger partial charge in [-0.3, -0.25) is 9.35 Å². The predicted molar refractivity (Wildman–Crippen MR) is 147 cm³/mol. The fraction of sp³-hybridized carbons (Fsp3) is 0.370. The third-order valence-corrected chi connectivity index (χ3v) is 9.97. The van der Waals surface area contributed by atoms with Crippen molar-refractivity contribution < 1.29 is 31.1 Å². The lowest BCUT2D eigenvalue weighted by Crippen LogP contribution is -2.37. The fourth-order valence-corrected chi connectivity index (χ4v) is 7.13. The molecular formula is C27H33N3O7S2. The molecule has 1 amide bonds. The summed E-state index contributed by atoms with van der Waals surface area (Å²) in [7, 11) is -6.35. The molecule has 0 radical (unpaired) electrons. The number of hydrogen-bond donors (Lipinski definition) is 2. The second-order valence-electron chi connectivity index (χ2n) is 9.53. The van der Waals surface area contributed by atoms with E-state index in [1.165, 1.54) is 37.6 Å². The second-order valence-corrected chi connectivity index (χ2v) is 13.1. The fourth-order valence-electron chi connectivity index (χ4n) is 4.47. The highest BCUT2D eigenvalue weighted by atomic mass is 32.2. The van der Waals surface area contributed by atoms with Gasteiger partial charge in [0.15, 0.2) is 10.0 Å². The molecule has 210 valence electrons. The number of amides is 1. The molecule has 1 aliphatic rings. The van der Waals surface area contributed by atoms with Gasteiger partial charge in [-0.2, -0.15) is 4.31 Å². The minimum Gasteiger partial charge on any atom is -0.497 e. The Morgan fingerprint density at radius 1 is 1.05 bits per heavy atom. The number of nitrogens with one attached hydrogen (secondary N) is 1. The third-order valence-electron chi connectivity index (χ3n) is 6.72. The van der Waals surface area contributed by atoms with E-state index < -0.39 is 32.5 Å². The van der Waals surface area contributed by atoms with E-state index in [0.717, 1.165) is 30.0 Å². The van der Waals surface area contributed by atoms with Gasteiger partial charge in [-0.1, -0.05) is 19.8 Å². The molecule has 3 atom stereocenters. The monoisotopic (exact) mass is 575 g/mol. The number of methoxy groups -OCH3 is 1. The minimum absolute atomic E-state index is 0.0362. The number of nitrogens with zero attached hydrogens (tertiary/aromatic N) is 2. The topological polar surface area (TPSA) is 139 Å². The highest BCUT2D eigenvalue weighted by Crippen LogP contribution is 2.29. The van der Waals surface area contributed by atoms with E-state index in [1.807, 2.05) is 6.92 Å². The summed E-state index contributed by atoms with van der Waals surface area (Å²) in [5, 5.41) is 2.68. The van der Waals surface area contributed by atoms with Crippen LogP contribution in [0, 0.1) is 5.92 Å². The molecule has 1 aromatic heterocycles. The van der Waals surface area contributed by atoms with Crippen molar-refractivity contribution in [2.75, 3.05) is 19.0 Å². The lowest BCUT2D eigenvalue weighted by atomic mass is 9.87. The average Bonchev–Trinajstić information content (AvgIpc) is 3.43. The van der Waals surface area contributed by atoms with Crippen LogP contribution in [-0.2, 0) is 31.4 Å². The highest BCUT2D eigenvalue weighted by molar-refractivity contribution is 7.89. The summed E-state index contributed by atoms with van der Waals surface area (Å²) in [5.74, 6) is 0.633. The van der Waals surface area contributed by atoms with Crippen molar-refractivity contribution in [1.29, 1.82) is 0 Å². The Balaban J connectivity index is 1.55. The Morgan fingerprint density at radius 2 is 1.72 bits per heavy atom. The quantitative estimate of drug-likeness (QED) is 0.347. The van der Waals surface area contributed by atoms with Gasteiger partial charge in [0.05, 0.1) is 42.3 Å². The lowest BCUT2D eigenvalue weighted by molar-refractivity contribution is -0.116. The Hall–Kier alpha value is -3.19. The van der Waals surface area contributed by atoms with E-state index >= 15 is 0 Å². The first-order chi connectivity index (χ1) is 18.6. The molecule has 12 heteroatoms. The molecule has 39 heavy (non-hydrogen) atoms. The highest BCUT2D eigenvalue weighted by Gasteiger charge is 2.29. The second kappa shape index (κ2) is 12.3. The Kier molecular flexibility index (Phi) is 9.11. The molecule has 10 nitrogen and oxygen atoms in total. The number of hydrogen-bond acceptors (Lipinski definition) is 7. The standard InChI is InChI=1S/C27H33N3O7S2/c1-20-6-3-4-8-26(20)29-38(32,33)24-13-15-25(16-14-24)39(34,35)30(18-23-7-5-17-37-23)19-27(31)28-21-9-11-22(36-2)12-10-21/h5,7,9-17,20,26H,3-4,6,8,18-19H2,1-2H3,(H,28,31)(H,29,32,33)/t20-,26-/m0/s1. The van der Waals surface area contributed by atoms with Gasteiger partial charge in [-0.25, -0.2) is 17.0 Å². The van der Waals surface area contributed by atoms with E-state index in [2.05, 4.69) is 9.68 Å². The van der Waals surface area contributed by atoms with Gasteiger partial charge in [0.25, 0.3) is 0 Å². The van der Waals surface area contributed by atoms with Crippen LogP contribution < -0.4 is 10.1 Å². The molecule has 4 rings (SSSR count). The molecule has 3 aromatic rings. The van der Waals surface area contributed by atoms with E-state index in [-0.39, 0.29) is 28.3 Å². The third kappa shape index (κ3) is 7.27. The summed E-state index contributed by atoms with van der Waals surface area (Å²) in [6, 6.07) is 14.8. The first kappa shape index (κ1) is 28.8. The number of benzene rings is 2. The molecule has 1 fully saturated rings.